The summed E-state index contributed by atoms with van der Waals surface area (Å²) in [4.78, 5) is 24.3. The van der Waals surface area contributed by atoms with Crippen molar-refractivity contribution < 1.29 is 0 Å². The molecule has 4 aromatic heterocycles. The number of likely N-dealkylation sites (tertiary alicyclic amines) is 1. The Hall–Kier alpha value is -4.03. The number of nitrogens with zero attached hydrogens (tertiary/aromatic N) is 5. The van der Waals surface area contributed by atoms with E-state index in [9.17, 15) is 4.79 Å². The highest BCUT2D eigenvalue weighted by Gasteiger charge is 2.12. The van der Waals surface area contributed by atoms with Crippen molar-refractivity contribution in [2.45, 2.75) is 32.2 Å². The minimum atomic E-state index is 0.0541. The average molecular weight is 490 g/mol. The molecule has 0 bridgehead atoms. The number of aromatic nitrogens is 4. The van der Waals surface area contributed by atoms with Gasteiger partial charge in [0.15, 0.2) is 0 Å². The molecule has 1 aromatic carbocycles. The van der Waals surface area contributed by atoms with Crippen molar-refractivity contribution in [2.75, 3.05) is 19.6 Å². The first-order valence-electron chi connectivity index (χ1n) is 13.2. The van der Waals surface area contributed by atoms with E-state index in [0.717, 1.165) is 58.8 Å². The standard InChI is InChI=1S/C31H31N5O/c37-31-11-10-27(23-35(31)18-7-17-34-15-5-2-6-16-34)25-13-19-36-29(22-33-30(36)21-25)26-12-14-32-28(20-26)24-8-3-1-4-9-24/h1,3-4,8-14,19-23H,2,5-7,15-18H2. The Bertz CT molecular complexity index is 1560. The van der Waals surface area contributed by atoms with Crippen LogP contribution in [0.1, 0.15) is 25.7 Å². The second kappa shape index (κ2) is 10.5. The van der Waals surface area contributed by atoms with Gasteiger partial charge < -0.3 is 9.47 Å². The van der Waals surface area contributed by atoms with E-state index < -0.39 is 0 Å². The monoisotopic (exact) mass is 489 g/mol. The third-order valence-electron chi connectivity index (χ3n) is 7.28. The number of hydrogen-bond acceptors (Lipinski definition) is 4. The largest absolute Gasteiger partial charge is 0.315 e. The number of fused-ring (bicyclic) bond motifs is 1. The number of pyridine rings is 3. The predicted octanol–water partition coefficient (Wildman–Crippen LogP) is 5.77. The molecular weight excluding hydrogens is 458 g/mol. The normalized spacial score (nSPS) is 14.3. The summed E-state index contributed by atoms with van der Waals surface area (Å²) in [5, 5.41) is 0. The predicted molar refractivity (Wildman–Crippen MR) is 148 cm³/mol. The molecule has 0 atom stereocenters. The second-order valence-electron chi connectivity index (χ2n) is 9.79. The average Bonchev–Trinajstić information content (AvgIpc) is 3.39. The van der Waals surface area contributed by atoms with Gasteiger partial charge in [0, 0.05) is 42.3 Å². The van der Waals surface area contributed by atoms with Crippen LogP contribution in [0.25, 0.3) is 39.3 Å². The first kappa shape index (κ1) is 23.4. The van der Waals surface area contributed by atoms with Crippen molar-refractivity contribution in [1.82, 2.24) is 23.8 Å². The Morgan fingerprint density at radius 1 is 0.757 bits per heavy atom. The first-order chi connectivity index (χ1) is 18.2. The molecule has 0 radical (unpaired) electrons. The van der Waals surface area contributed by atoms with E-state index >= 15 is 0 Å². The summed E-state index contributed by atoms with van der Waals surface area (Å²) < 4.78 is 3.95. The molecule has 1 saturated heterocycles. The summed E-state index contributed by atoms with van der Waals surface area (Å²) in [5.41, 5.74) is 7.11. The van der Waals surface area contributed by atoms with Crippen molar-refractivity contribution in [3.05, 3.63) is 102 Å². The van der Waals surface area contributed by atoms with Gasteiger partial charge in [-0.2, -0.15) is 0 Å². The lowest BCUT2D eigenvalue weighted by Gasteiger charge is -2.26. The van der Waals surface area contributed by atoms with Gasteiger partial charge in [-0.15, -0.1) is 0 Å². The van der Waals surface area contributed by atoms with E-state index in [1.165, 1.54) is 32.4 Å². The van der Waals surface area contributed by atoms with E-state index in [0.29, 0.717) is 0 Å². The lowest BCUT2D eigenvalue weighted by molar-refractivity contribution is 0.222. The maximum absolute atomic E-state index is 12.5. The molecule has 0 unspecified atom stereocenters. The molecule has 186 valence electrons. The molecule has 37 heavy (non-hydrogen) atoms. The minimum Gasteiger partial charge on any atom is -0.315 e. The Morgan fingerprint density at radius 2 is 1.62 bits per heavy atom. The molecule has 0 spiro atoms. The Morgan fingerprint density at radius 3 is 2.49 bits per heavy atom. The van der Waals surface area contributed by atoms with E-state index in [1.807, 2.05) is 53.5 Å². The molecule has 1 aliphatic heterocycles. The molecule has 0 aliphatic carbocycles. The third-order valence-corrected chi connectivity index (χ3v) is 7.28. The lowest BCUT2D eigenvalue weighted by atomic mass is 10.1. The minimum absolute atomic E-state index is 0.0541. The Kier molecular flexibility index (Phi) is 6.65. The highest BCUT2D eigenvalue weighted by Crippen LogP contribution is 2.27. The van der Waals surface area contributed by atoms with Crippen molar-refractivity contribution in [1.29, 1.82) is 0 Å². The molecule has 0 amide bonds. The Labute approximate surface area is 216 Å². The number of aryl methyl sites for hydroxylation is 1. The van der Waals surface area contributed by atoms with Gasteiger partial charge in [0.05, 0.1) is 17.6 Å². The van der Waals surface area contributed by atoms with Gasteiger partial charge in [-0.1, -0.05) is 36.8 Å². The van der Waals surface area contributed by atoms with Crippen molar-refractivity contribution in [3.63, 3.8) is 0 Å². The molecule has 6 nitrogen and oxygen atoms in total. The van der Waals surface area contributed by atoms with Crippen LogP contribution in [0.3, 0.4) is 0 Å². The lowest BCUT2D eigenvalue weighted by Crippen LogP contribution is -2.31. The highest BCUT2D eigenvalue weighted by molar-refractivity contribution is 5.72. The zero-order valence-electron chi connectivity index (χ0n) is 21.0. The van der Waals surface area contributed by atoms with Crippen molar-refractivity contribution in [2.24, 2.45) is 0 Å². The zero-order valence-corrected chi connectivity index (χ0v) is 21.0. The van der Waals surface area contributed by atoms with Crippen LogP contribution in [-0.2, 0) is 6.54 Å². The zero-order chi connectivity index (χ0) is 25.0. The van der Waals surface area contributed by atoms with Crippen LogP contribution in [0, 0.1) is 0 Å². The number of hydrogen-bond donors (Lipinski definition) is 0. The molecule has 1 fully saturated rings. The fraction of sp³-hybridized carbons (Fsp3) is 0.258. The van der Waals surface area contributed by atoms with Crippen LogP contribution in [0.5, 0.6) is 0 Å². The van der Waals surface area contributed by atoms with Gasteiger partial charge in [-0.25, -0.2) is 4.98 Å². The smallest absolute Gasteiger partial charge is 0.250 e. The second-order valence-corrected chi connectivity index (χ2v) is 9.79. The van der Waals surface area contributed by atoms with Gasteiger partial charge in [-0.3, -0.25) is 14.2 Å². The molecule has 6 rings (SSSR count). The molecule has 1 aliphatic rings. The summed E-state index contributed by atoms with van der Waals surface area (Å²) in [6, 6.07) is 22.1. The summed E-state index contributed by atoms with van der Waals surface area (Å²) in [6.07, 6.45) is 12.7. The van der Waals surface area contributed by atoms with Gasteiger partial charge >= 0.3 is 0 Å². The van der Waals surface area contributed by atoms with Gasteiger partial charge in [0.2, 0.25) is 0 Å². The molecule has 6 heteroatoms. The number of imidazole rings is 1. The van der Waals surface area contributed by atoms with Crippen LogP contribution in [0.4, 0.5) is 0 Å². The highest BCUT2D eigenvalue weighted by atomic mass is 16.1. The maximum atomic E-state index is 12.5. The van der Waals surface area contributed by atoms with E-state index in [4.69, 9.17) is 4.98 Å². The first-order valence-corrected chi connectivity index (χ1v) is 13.2. The van der Waals surface area contributed by atoms with Crippen LogP contribution in [-0.4, -0.2) is 43.5 Å². The quantitative estimate of drug-likeness (QED) is 0.291. The summed E-state index contributed by atoms with van der Waals surface area (Å²) in [7, 11) is 0. The molecular formula is C31H31N5O. The third kappa shape index (κ3) is 5.11. The van der Waals surface area contributed by atoms with Crippen molar-refractivity contribution in [3.8, 4) is 33.6 Å². The summed E-state index contributed by atoms with van der Waals surface area (Å²) >= 11 is 0. The number of rotatable bonds is 7. The molecule has 0 N–H and O–H groups in total. The topological polar surface area (TPSA) is 55.4 Å². The number of piperidine rings is 1. The molecule has 0 saturated carbocycles. The summed E-state index contributed by atoms with van der Waals surface area (Å²) in [6.45, 7) is 4.17. The number of benzene rings is 1. The SMILES string of the molecule is O=c1ccc(-c2ccn3c(-c4ccnc(-c5ccccc5)c4)cnc3c2)cn1CCCN1CCCCC1. The van der Waals surface area contributed by atoms with Crippen LogP contribution in [0.2, 0.25) is 0 Å². The van der Waals surface area contributed by atoms with Gasteiger partial charge in [-0.05, 0) is 80.4 Å². The summed E-state index contributed by atoms with van der Waals surface area (Å²) in [5.74, 6) is 0. The van der Waals surface area contributed by atoms with E-state index in [2.05, 4.69) is 50.8 Å². The van der Waals surface area contributed by atoms with Crippen molar-refractivity contribution >= 4 is 5.65 Å². The molecule has 5 aromatic rings. The van der Waals surface area contributed by atoms with E-state index in [1.54, 1.807) is 6.07 Å². The fourth-order valence-corrected chi connectivity index (χ4v) is 5.25. The molecule has 5 heterocycles. The maximum Gasteiger partial charge on any atom is 0.250 e. The fourth-order valence-electron chi connectivity index (χ4n) is 5.25. The van der Waals surface area contributed by atoms with Gasteiger partial charge in [0.1, 0.15) is 5.65 Å². The Balaban J connectivity index is 1.23. The van der Waals surface area contributed by atoms with Crippen LogP contribution in [0.15, 0.2) is 96.3 Å². The van der Waals surface area contributed by atoms with Crippen LogP contribution < -0.4 is 5.56 Å². The van der Waals surface area contributed by atoms with Crippen LogP contribution >= 0.6 is 0 Å². The van der Waals surface area contributed by atoms with Gasteiger partial charge in [0.25, 0.3) is 5.56 Å². The van der Waals surface area contributed by atoms with E-state index in [-0.39, 0.29) is 5.56 Å².